The average Bonchev–Trinajstić information content (AvgIpc) is 2.25. The molecule has 0 radical (unpaired) electrons. The first kappa shape index (κ1) is 12.0. The highest BCUT2D eigenvalue weighted by molar-refractivity contribution is 4.72. The number of rotatable bonds is 6. The molecule has 0 amide bonds. The summed E-state index contributed by atoms with van der Waals surface area (Å²) in [5, 5.41) is 15.7. The molecule has 1 saturated heterocycles. The van der Waals surface area contributed by atoms with Gasteiger partial charge in [0.25, 0.3) is 0 Å². The molecule has 1 heterocycles. The number of nitrogens with one attached hydrogen (secondary N) is 2. The van der Waals surface area contributed by atoms with Crippen LogP contribution in [0.15, 0.2) is 0 Å². The summed E-state index contributed by atoms with van der Waals surface area (Å²) in [5.74, 6) is 0.806. The molecule has 0 spiro atoms. The maximum Gasteiger partial charge on any atom is 0.0431 e. The minimum Gasteiger partial charge on any atom is -0.396 e. The number of piperidine rings is 1. The van der Waals surface area contributed by atoms with Crippen LogP contribution < -0.4 is 10.6 Å². The highest BCUT2D eigenvalue weighted by atomic mass is 16.2. The van der Waals surface area contributed by atoms with E-state index in [1.807, 2.05) is 0 Å². The van der Waals surface area contributed by atoms with Gasteiger partial charge in [0.2, 0.25) is 0 Å². The van der Waals surface area contributed by atoms with E-state index in [0.29, 0.717) is 12.6 Å². The highest BCUT2D eigenvalue weighted by Crippen LogP contribution is 2.09. The number of aliphatic hydroxyl groups is 1. The van der Waals surface area contributed by atoms with Crippen molar-refractivity contribution in [2.75, 3.05) is 26.2 Å². The Hall–Kier alpha value is -0.120. The monoisotopic (exact) mass is 200 g/mol. The van der Waals surface area contributed by atoms with E-state index in [-0.39, 0.29) is 0 Å². The SMILES string of the molecule is CC(CCCO)NCC1CCCNC1. The van der Waals surface area contributed by atoms with Crippen LogP contribution in [0.5, 0.6) is 0 Å². The first-order valence-electron chi connectivity index (χ1n) is 5.88. The third-order valence-electron chi connectivity index (χ3n) is 2.95. The molecule has 0 aliphatic carbocycles. The Morgan fingerprint density at radius 1 is 1.57 bits per heavy atom. The summed E-state index contributed by atoms with van der Waals surface area (Å²) in [6, 6.07) is 0.545. The normalized spacial score (nSPS) is 24.9. The van der Waals surface area contributed by atoms with Gasteiger partial charge in [-0.1, -0.05) is 0 Å². The Labute approximate surface area is 87.3 Å². The minimum atomic E-state index is 0.316. The molecular formula is C11H24N2O. The van der Waals surface area contributed by atoms with E-state index < -0.39 is 0 Å². The molecule has 3 heteroatoms. The second-order valence-corrected chi connectivity index (χ2v) is 4.39. The van der Waals surface area contributed by atoms with Gasteiger partial charge in [0, 0.05) is 12.6 Å². The van der Waals surface area contributed by atoms with E-state index in [0.717, 1.165) is 25.3 Å². The van der Waals surface area contributed by atoms with E-state index >= 15 is 0 Å². The van der Waals surface area contributed by atoms with Gasteiger partial charge in [-0.15, -0.1) is 0 Å². The van der Waals surface area contributed by atoms with Gasteiger partial charge in [0.15, 0.2) is 0 Å². The van der Waals surface area contributed by atoms with Crippen LogP contribution >= 0.6 is 0 Å². The molecule has 1 aliphatic rings. The van der Waals surface area contributed by atoms with Gasteiger partial charge in [-0.2, -0.15) is 0 Å². The first-order chi connectivity index (χ1) is 6.83. The molecule has 1 fully saturated rings. The van der Waals surface area contributed by atoms with Crippen LogP contribution in [-0.2, 0) is 0 Å². The molecule has 0 aromatic heterocycles. The van der Waals surface area contributed by atoms with Gasteiger partial charge in [0.05, 0.1) is 0 Å². The summed E-state index contributed by atoms with van der Waals surface area (Å²) in [4.78, 5) is 0. The fourth-order valence-corrected chi connectivity index (χ4v) is 1.97. The summed E-state index contributed by atoms with van der Waals surface area (Å²) >= 11 is 0. The lowest BCUT2D eigenvalue weighted by Crippen LogP contribution is -2.38. The van der Waals surface area contributed by atoms with Crippen molar-refractivity contribution < 1.29 is 5.11 Å². The quantitative estimate of drug-likeness (QED) is 0.592. The maximum absolute atomic E-state index is 8.69. The summed E-state index contributed by atoms with van der Waals surface area (Å²) < 4.78 is 0. The Morgan fingerprint density at radius 2 is 2.43 bits per heavy atom. The lowest BCUT2D eigenvalue weighted by atomic mass is 9.99. The predicted molar refractivity (Wildman–Crippen MR) is 59.4 cm³/mol. The van der Waals surface area contributed by atoms with Crippen molar-refractivity contribution in [1.29, 1.82) is 0 Å². The molecule has 3 N–H and O–H groups in total. The molecule has 0 saturated carbocycles. The second kappa shape index (κ2) is 7.21. The van der Waals surface area contributed by atoms with Gasteiger partial charge >= 0.3 is 0 Å². The van der Waals surface area contributed by atoms with E-state index in [9.17, 15) is 0 Å². The zero-order chi connectivity index (χ0) is 10.2. The molecule has 2 atom stereocenters. The van der Waals surface area contributed by atoms with Crippen LogP contribution in [0.3, 0.4) is 0 Å². The van der Waals surface area contributed by atoms with Crippen molar-refractivity contribution in [2.45, 2.75) is 38.6 Å². The van der Waals surface area contributed by atoms with Crippen molar-refractivity contribution in [3.05, 3.63) is 0 Å². The zero-order valence-corrected chi connectivity index (χ0v) is 9.26. The van der Waals surface area contributed by atoms with Crippen molar-refractivity contribution in [1.82, 2.24) is 10.6 Å². The van der Waals surface area contributed by atoms with Crippen molar-refractivity contribution in [3.8, 4) is 0 Å². The van der Waals surface area contributed by atoms with Crippen LogP contribution in [0.25, 0.3) is 0 Å². The molecule has 84 valence electrons. The van der Waals surface area contributed by atoms with Crippen molar-refractivity contribution >= 4 is 0 Å². The molecule has 1 rings (SSSR count). The summed E-state index contributed by atoms with van der Waals surface area (Å²) in [5.41, 5.74) is 0. The molecular weight excluding hydrogens is 176 g/mol. The van der Waals surface area contributed by atoms with Crippen LogP contribution in [0.4, 0.5) is 0 Å². The Bertz CT molecular complexity index is 135. The fraction of sp³-hybridized carbons (Fsp3) is 1.00. The Morgan fingerprint density at radius 3 is 3.07 bits per heavy atom. The van der Waals surface area contributed by atoms with Crippen LogP contribution in [0.2, 0.25) is 0 Å². The van der Waals surface area contributed by atoms with Crippen LogP contribution in [0.1, 0.15) is 32.6 Å². The lowest BCUT2D eigenvalue weighted by Gasteiger charge is -2.24. The van der Waals surface area contributed by atoms with Crippen molar-refractivity contribution in [3.63, 3.8) is 0 Å². The third kappa shape index (κ3) is 4.94. The fourth-order valence-electron chi connectivity index (χ4n) is 1.97. The van der Waals surface area contributed by atoms with E-state index in [1.54, 1.807) is 0 Å². The maximum atomic E-state index is 8.69. The van der Waals surface area contributed by atoms with E-state index in [1.165, 1.54) is 25.9 Å². The van der Waals surface area contributed by atoms with Gasteiger partial charge in [-0.05, 0) is 58.2 Å². The lowest BCUT2D eigenvalue weighted by molar-refractivity contribution is 0.272. The van der Waals surface area contributed by atoms with Gasteiger partial charge < -0.3 is 15.7 Å². The molecule has 14 heavy (non-hydrogen) atoms. The molecule has 2 unspecified atom stereocenters. The average molecular weight is 200 g/mol. The Balaban J connectivity index is 2.00. The summed E-state index contributed by atoms with van der Waals surface area (Å²) in [6.07, 6.45) is 4.66. The van der Waals surface area contributed by atoms with E-state index in [2.05, 4.69) is 17.6 Å². The third-order valence-corrected chi connectivity index (χ3v) is 2.95. The molecule has 0 aromatic carbocycles. The van der Waals surface area contributed by atoms with Gasteiger partial charge in [-0.25, -0.2) is 0 Å². The van der Waals surface area contributed by atoms with Gasteiger partial charge in [-0.3, -0.25) is 0 Å². The van der Waals surface area contributed by atoms with Gasteiger partial charge in [0.1, 0.15) is 0 Å². The highest BCUT2D eigenvalue weighted by Gasteiger charge is 2.13. The number of hydrogen-bond acceptors (Lipinski definition) is 3. The standard InChI is InChI=1S/C11H24N2O/c1-10(4-3-7-14)13-9-11-5-2-6-12-8-11/h10-14H,2-9H2,1H3. The largest absolute Gasteiger partial charge is 0.396 e. The minimum absolute atomic E-state index is 0.316. The Kier molecular flexibility index (Phi) is 6.15. The second-order valence-electron chi connectivity index (χ2n) is 4.39. The predicted octanol–water partition coefficient (Wildman–Crippen LogP) is 0.737. The van der Waals surface area contributed by atoms with Crippen molar-refractivity contribution in [2.24, 2.45) is 5.92 Å². The molecule has 0 bridgehead atoms. The zero-order valence-electron chi connectivity index (χ0n) is 9.26. The summed E-state index contributed by atoms with van der Waals surface area (Å²) in [6.45, 7) is 6.00. The topological polar surface area (TPSA) is 44.3 Å². The number of aliphatic hydroxyl groups excluding tert-OH is 1. The molecule has 0 aromatic rings. The van der Waals surface area contributed by atoms with Crippen LogP contribution in [-0.4, -0.2) is 37.4 Å². The van der Waals surface area contributed by atoms with Crippen LogP contribution in [0, 0.1) is 5.92 Å². The smallest absolute Gasteiger partial charge is 0.0431 e. The number of hydrogen-bond donors (Lipinski definition) is 3. The van der Waals surface area contributed by atoms with E-state index in [4.69, 9.17) is 5.11 Å². The molecule has 3 nitrogen and oxygen atoms in total. The first-order valence-corrected chi connectivity index (χ1v) is 5.88. The molecule has 1 aliphatic heterocycles. The summed E-state index contributed by atoms with van der Waals surface area (Å²) in [7, 11) is 0.